The number of nitrogens with one attached hydrogen (secondary N) is 1. The molecule has 0 fully saturated rings. The molecular formula is C6H8INO2S2. The van der Waals surface area contributed by atoms with E-state index in [9.17, 15) is 4.79 Å². The lowest BCUT2D eigenvalue weighted by atomic mass is 10.2. The molecule has 0 saturated heterocycles. The van der Waals surface area contributed by atoms with Crippen LogP contribution < -0.4 is 3.53 Å². The van der Waals surface area contributed by atoms with Crippen LogP contribution in [0.25, 0.3) is 0 Å². The number of thioether (sulfide) groups is 1. The van der Waals surface area contributed by atoms with Gasteiger partial charge in [0.2, 0.25) is 5.91 Å². The van der Waals surface area contributed by atoms with Gasteiger partial charge in [-0.1, -0.05) is 0 Å². The Labute approximate surface area is 93.4 Å². The van der Waals surface area contributed by atoms with Crippen molar-refractivity contribution in [3.05, 3.63) is 10.3 Å². The first-order valence-electron chi connectivity index (χ1n) is 3.31. The number of amides is 1. The van der Waals surface area contributed by atoms with Gasteiger partial charge in [0.05, 0.1) is 22.9 Å². The number of carbonyl (C=O) groups is 1. The van der Waals surface area contributed by atoms with Crippen molar-refractivity contribution in [2.24, 2.45) is 0 Å². The van der Waals surface area contributed by atoms with E-state index in [-0.39, 0.29) is 5.91 Å². The molecule has 12 heavy (non-hydrogen) atoms. The molecule has 1 rings (SSSR count). The summed E-state index contributed by atoms with van der Waals surface area (Å²) in [5, 5.41) is 2.21. The molecule has 1 aliphatic heterocycles. The maximum absolute atomic E-state index is 10.9. The topological polar surface area (TPSA) is 49.3 Å². The summed E-state index contributed by atoms with van der Waals surface area (Å²) in [7, 11) is 0. The number of carbonyl (C=O) groups excluding carboxylic acids is 1. The summed E-state index contributed by atoms with van der Waals surface area (Å²) in [6.45, 7) is 0. The van der Waals surface area contributed by atoms with Crippen molar-refractivity contribution in [2.45, 2.75) is 18.1 Å². The van der Waals surface area contributed by atoms with E-state index in [1.54, 1.807) is 11.8 Å². The summed E-state index contributed by atoms with van der Waals surface area (Å²) in [6.07, 6.45) is 1.32. The van der Waals surface area contributed by atoms with E-state index in [1.807, 2.05) is 28.3 Å². The zero-order chi connectivity index (χ0) is 8.97. The van der Waals surface area contributed by atoms with Gasteiger partial charge in [0.15, 0.2) is 0 Å². The molecule has 0 aromatic rings. The monoisotopic (exact) mass is 317 g/mol. The van der Waals surface area contributed by atoms with Gasteiger partial charge in [0.25, 0.3) is 0 Å². The van der Waals surface area contributed by atoms with Gasteiger partial charge in [0.1, 0.15) is 0 Å². The second kappa shape index (κ2) is 5.36. The van der Waals surface area contributed by atoms with Crippen LogP contribution in [0.1, 0.15) is 12.8 Å². The summed E-state index contributed by atoms with van der Waals surface area (Å²) >= 11 is 4.22. The van der Waals surface area contributed by atoms with Crippen LogP contribution in [0.4, 0.5) is 0 Å². The third kappa shape index (κ3) is 3.15. The molecule has 1 heterocycles. The summed E-state index contributed by atoms with van der Waals surface area (Å²) in [5.41, 5.74) is 0. The van der Waals surface area contributed by atoms with Gasteiger partial charge in [-0.2, -0.15) is 0 Å². The Morgan fingerprint density at radius 2 is 2.75 bits per heavy atom. The van der Waals surface area contributed by atoms with E-state index in [4.69, 9.17) is 4.55 Å². The van der Waals surface area contributed by atoms with Crippen molar-refractivity contribution < 1.29 is 9.35 Å². The Bertz CT molecular complexity index is 210. The fraction of sp³-hybridized carbons (Fsp3) is 0.500. The van der Waals surface area contributed by atoms with Crippen LogP contribution in [0, 0.1) is 0 Å². The Morgan fingerprint density at radius 1 is 2.00 bits per heavy atom. The highest BCUT2D eigenvalue weighted by molar-refractivity contribution is 14.1. The first kappa shape index (κ1) is 10.7. The van der Waals surface area contributed by atoms with E-state index in [0.29, 0.717) is 11.7 Å². The largest absolute Gasteiger partial charge is 0.326 e. The third-order valence-corrected chi connectivity index (χ3v) is 3.87. The number of allylic oxidation sites excluding steroid dienone is 1. The molecule has 2 N–H and O–H groups in total. The summed E-state index contributed by atoms with van der Waals surface area (Å²) in [6, 6.07) is 0. The first-order chi connectivity index (χ1) is 5.76. The van der Waals surface area contributed by atoms with E-state index < -0.39 is 0 Å². The molecule has 0 bridgehead atoms. The maximum Gasteiger partial charge on any atom is 0.229 e. The van der Waals surface area contributed by atoms with Crippen LogP contribution in [0.15, 0.2) is 10.3 Å². The predicted octanol–water partition coefficient (Wildman–Crippen LogP) is 2.40. The molecule has 6 heteroatoms. The van der Waals surface area contributed by atoms with Crippen LogP contribution in [0.2, 0.25) is 0 Å². The quantitative estimate of drug-likeness (QED) is 0.477. The normalized spacial score (nSPS) is 22.2. The average Bonchev–Trinajstić information content (AvgIpc) is 2.52. The van der Waals surface area contributed by atoms with Gasteiger partial charge in [-0.25, -0.2) is 0 Å². The SMILES string of the molecule is O=C(CC1CC(SO)=CS1)NI. The first-order valence-corrected chi connectivity index (χ1v) is 6.11. The lowest BCUT2D eigenvalue weighted by molar-refractivity contribution is -0.118. The van der Waals surface area contributed by atoms with Crippen LogP contribution in [-0.4, -0.2) is 15.7 Å². The predicted molar refractivity (Wildman–Crippen MR) is 61.1 cm³/mol. The minimum atomic E-state index is 0.0469. The highest BCUT2D eigenvalue weighted by atomic mass is 127. The van der Waals surface area contributed by atoms with Gasteiger partial charge in [-0.3, -0.25) is 8.32 Å². The molecule has 1 atom stereocenters. The second-order valence-electron chi connectivity index (χ2n) is 2.36. The second-order valence-corrected chi connectivity index (χ2v) is 4.78. The number of rotatable bonds is 3. The molecule has 1 amide bonds. The molecule has 0 aliphatic carbocycles. The Hall–Kier alpha value is 0.600. The molecule has 1 unspecified atom stereocenters. The molecule has 0 radical (unpaired) electrons. The summed E-state index contributed by atoms with van der Waals surface area (Å²) in [5.74, 6) is 0.0469. The molecule has 1 aliphatic rings. The van der Waals surface area contributed by atoms with Crippen molar-refractivity contribution in [1.82, 2.24) is 3.53 Å². The fourth-order valence-corrected chi connectivity index (χ4v) is 2.82. The van der Waals surface area contributed by atoms with Crippen LogP contribution in [-0.2, 0) is 4.79 Å². The molecule has 0 spiro atoms. The van der Waals surface area contributed by atoms with Gasteiger partial charge < -0.3 is 4.55 Å². The fourth-order valence-electron chi connectivity index (χ4n) is 0.917. The van der Waals surface area contributed by atoms with Gasteiger partial charge in [0, 0.05) is 28.6 Å². The molecule has 68 valence electrons. The smallest absolute Gasteiger partial charge is 0.229 e. The van der Waals surface area contributed by atoms with Crippen molar-refractivity contribution >= 4 is 52.6 Å². The number of hydrogen-bond acceptors (Lipinski definition) is 4. The van der Waals surface area contributed by atoms with Gasteiger partial charge in [-0.15, -0.1) is 11.8 Å². The lowest BCUT2D eigenvalue weighted by Gasteiger charge is -2.05. The van der Waals surface area contributed by atoms with Crippen molar-refractivity contribution in [2.75, 3.05) is 0 Å². The Morgan fingerprint density at radius 3 is 3.25 bits per heavy atom. The highest BCUT2D eigenvalue weighted by Gasteiger charge is 2.20. The third-order valence-electron chi connectivity index (χ3n) is 1.46. The number of hydrogen-bond donors (Lipinski definition) is 2. The lowest BCUT2D eigenvalue weighted by Crippen LogP contribution is -2.16. The summed E-state index contributed by atoms with van der Waals surface area (Å²) in [4.78, 5) is 11.9. The summed E-state index contributed by atoms with van der Waals surface area (Å²) < 4.78 is 11.3. The Balaban J connectivity index is 2.27. The highest BCUT2D eigenvalue weighted by Crippen LogP contribution is 2.36. The minimum absolute atomic E-state index is 0.0469. The molecule has 0 aromatic heterocycles. The van der Waals surface area contributed by atoms with Crippen molar-refractivity contribution in [3.8, 4) is 0 Å². The number of halogens is 1. The molecule has 3 nitrogen and oxygen atoms in total. The maximum atomic E-state index is 10.9. The van der Waals surface area contributed by atoms with Gasteiger partial charge >= 0.3 is 0 Å². The van der Waals surface area contributed by atoms with E-state index in [0.717, 1.165) is 23.4 Å². The zero-order valence-corrected chi connectivity index (χ0v) is 9.91. The minimum Gasteiger partial charge on any atom is -0.326 e. The van der Waals surface area contributed by atoms with Crippen molar-refractivity contribution in [3.63, 3.8) is 0 Å². The van der Waals surface area contributed by atoms with Gasteiger partial charge in [-0.05, 0) is 11.8 Å². The van der Waals surface area contributed by atoms with E-state index in [1.165, 1.54) is 0 Å². The molecule has 0 aromatic carbocycles. The molecular weight excluding hydrogens is 309 g/mol. The van der Waals surface area contributed by atoms with Crippen LogP contribution in [0.5, 0.6) is 0 Å². The van der Waals surface area contributed by atoms with Crippen LogP contribution >= 0.6 is 46.7 Å². The Kier molecular flexibility index (Phi) is 4.77. The van der Waals surface area contributed by atoms with Crippen LogP contribution in [0.3, 0.4) is 0 Å². The average molecular weight is 317 g/mol. The van der Waals surface area contributed by atoms with Crippen molar-refractivity contribution in [1.29, 1.82) is 0 Å². The van der Waals surface area contributed by atoms with E-state index in [2.05, 4.69) is 3.53 Å². The standard InChI is InChI=1S/C6H8INO2S2/c7-8-6(9)2-4-1-5(12-10)3-11-4/h3-4,10H,1-2H2,(H,8,9). The zero-order valence-electron chi connectivity index (χ0n) is 6.12. The van der Waals surface area contributed by atoms with E-state index >= 15 is 0 Å². The molecule has 0 saturated carbocycles.